The molecule has 0 aliphatic rings. The van der Waals surface area contributed by atoms with Crippen molar-refractivity contribution in [3.05, 3.63) is 35.4 Å². The van der Waals surface area contributed by atoms with E-state index in [0.29, 0.717) is 34.0 Å². The molecule has 2 aromatic carbocycles. The molecule has 21 heavy (non-hydrogen) atoms. The number of ether oxygens (including phenoxy) is 2. The van der Waals surface area contributed by atoms with Gasteiger partial charge in [-0.3, -0.25) is 0 Å². The van der Waals surface area contributed by atoms with Crippen LogP contribution in [0.2, 0.25) is 0 Å². The standard InChI is InChI=1S/C15H18N2O4/c1-20-14-8(12(18)5-3-10(14)16)7-9-13(19)6-4-11(17)15(9)21-2/h3-6,18-19H,7,16-17H2,1-2H3. The van der Waals surface area contributed by atoms with Gasteiger partial charge < -0.3 is 31.2 Å². The molecule has 0 bridgehead atoms. The summed E-state index contributed by atoms with van der Waals surface area (Å²) in [5, 5.41) is 20.1. The van der Waals surface area contributed by atoms with Gasteiger partial charge in [-0.25, -0.2) is 0 Å². The van der Waals surface area contributed by atoms with Crippen LogP contribution in [0.15, 0.2) is 24.3 Å². The van der Waals surface area contributed by atoms with Crippen molar-refractivity contribution in [3.63, 3.8) is 0 Å². The molecule has 0 saturated heterocycles. The van der Waals surface area contributed by atoms with Gasteiger partial charge in [-0.05, 0) is 24.3 Å². The lowest BCUT2D eigenvalue weighted by Gasteiger charge is -2.16. The minimum Gasteiger partial charge on any atom is -0.508 e. The van der Waals surface area contributed by atoms with Crippen molar-refractivity contribution in [2.45, 2.75) is 6.42 Å². The first-order chi connectivity index (χ1) is 9.99. The molecule has 112 valence electrons. The molecule has 0 atom stereocenters. The fourth-order valence-electron chi connectivity index (χ4n) is 2.27. The highest BCUT2D eigenvalue weighted by Gasteiger charge is 2.19. The lowest BCUT2D eigenvalue weighted by Crippen LogP contribution is -2.02. The molecular formula is C15H18N2O4. The number of hydrogen-bond donors (Lipinski definition) is 4. The van der Waals surface area contributed by atoms with Gasteiger partial charge in [0.2, 0.25) is 0 Å². The molecule has 0 fully saturated rings. The number of anilines is 2. The van der Waals surface area contributed by atoms with Gasteiger partial charge in [0, 0.05) is 17.5 Å². The maximum atomic E-state index is 10.0. The van der Waals surface area contributed by atoms with E-state index in [4.69, 9.17) is 20.9 Å². The van der Waals surface area contributed by atoms with Crippen molar-refractivity contribution in [3.8, 4) is 23.0 Å². The Labute approximate surface area is 122 Å². The van der Waals surface area contributed by atoms with E-state index in [1.807, 2.05) is 0 Å². The second-order valence-electron chi connectivity index (χ2n) is 4.55. The molecular weight excluding hydrogens is 272 g/mol. The molecule has 6 heteroatoms. The number of phenolic OH excluding ortho intramolecular Hbond substituents is 2. The average Bonchev–Trinajstić information content (AvgIpc) is 2.47. The second kappa shape index (κ2) is 5.70. The maximum Gasteiger partial charge on any atom is 0.148 e. The zero-order valence-corrected chi connectivity index (χ0v) is 11.9. The van der Waals surface area contributed by atoms with Gasteiger partial charge in [-0.15, -0.1) is 0 Å². The van der Waals surface area contributed by atoms with Gasteiger partial charge in [0.1, 0.15) is 23.0 Å². The molecule has 2 aromatic rings. The number of benzene rings is 2. The molecule has 0 heterocycles. The number of nitrogen functional groups attached to an aromatic ring is 2. The first kappa shape index (κ1) is 14.6. The Morgan fingerprint density at radius 1 is 0.810 bits per heavy atom. The third kappa shape index (κ3) is 2.60. The maximum absolute atomic E-state index is 10.0. The van der Waals surface area contributed by atoms with Gasteiger partial charge in [0.25, 0.3) is 0 Å². The highest BCUT2D eigenvalue weighted by Crippen LogP contribution is 2.40. The van der Waals surface area contributed by atoms with E-state index in [2.05, 4.69) is 0 Å². The van der Waals surface area contributed by atoms with Crippen LogP contribution in [0.25, 0.3) is 0 Å². The van der Waals surface area contributed by atoms with E-state index in [0.717, 1.165) is 0 Å². The van der Waals surface area contributed by atoms with Crippen LogP contribution in [-0.4, -0.2) is 24.4 Å². The quantitative estimate of drug-likeness (QED) is 0.505. The first-order valence-electron chi connectivity index (χ1n) is 6.28. The van der Waals surface area contributed by atoms with E-state index >= 15 is 0 Å². The summed E-state index contributed by atoms with van der Waals surface area (Å²) < 4.78 is 10.5. The molecule has 0 unspecified atom stereocenters. The van der Waals surface area contributed by atoms with E-state index in [1.54, 1.807) is 12.1 Å². The predicted molar refractivity (Wildman–Crippen MR) is 80.9 cm³/mol. The molecule has 0 aliphatic heterocycles. The Hall–Kier alpha value is -2.76. The predicted octanol–water partition coefficient (Wildman–Crippen LogP) is 1.87. The van der Waals surface area contributed by atoms with Crippen molar-refractivity contribution >= 4 is 11.4 Å². The van der Waals surface area contributed by atoms with Crippen LogP contribution < -0.4 is 20.9 Å². The second-order valence-corrected chi connectivity index (χ2v) is 4.55. The fourth-order valence-corrected chi connectivity index (χ4v) is 2.27. The van der Waals surface area contributed by atoms with E-state index in [-0.39, 0.29) is 17.9 Å². The lowest BCUT2D eigenvalue weighted by molar-refractivity contribution is 0.395. The van der Waals surface area contributed by atoms with Crippen LogP contribution in [0.5, 0.6) is 23.0 Å². The van der Waals surface area contributed by atoms with Crippen LogP contribution in [0, 0.1) is 0 Å². The molecule has 0 spiro atoms. The normalized spacial score (nSPS) is 10.4. The van der Waals surface area contributed by atoms with Crippen LogP contribution in [0.1, 0.15) is 11.1 Å². The molecule has 6 nitrogen and oxygen atoms in total. The largest absolute Gasteiger partial charge is 0.508 e. The third-order valence-electron chi connectivity index (χ3n) is 3.29. The summed E-state index contributed by atoms with van der Waals surface area (Å²) in [4.78, 5) is 0. The van der Waals surface area contributed by atoms with Gasteiger partial charge in [-0.1, -0.05) is 0 Å². The highest BCUT2D eigenvalue weighted by molar-refractivity contribution is 5.66. The average molecular weight is 290 g/mol. The van der Waals surface area contributed by atoms with Crippen molar-refractivity contribution < 1.29 is 19.7 Å². The topological polar surface area (TPSA) is 111 Å². The minimum atomic E-state index is 0.0185. The molecule has 0 aromatic heterocycles. The number of aromatic hydroxyl groups is 2. The highest BCUT2D eigenvalue weighted by atomic mass is 16.5. The number of hydrogen-bond acceptors (Lipinski definition) is 6. The molecule has 0 saturated carbocycles. The zero-order chi connectivity index (χ0) is 15.6. The van der Waals surface area contributed by atoms with Crippen LogP contribution in [-0.2, 0) is 6.42 Å². The van der Waals surface area contributed by atoms with Gasteiger partial charge in [0.15, 0.2) is 0 Å². The Morgan fingerprint density at radius 3 is 1.52 bits per heavy atom. The molecule has 2 rings (SSSR count). The minimum absolute atomic E-state index is 0.0185. The van der Waals surface area contributed by atoms with Gasteiger partial charge >= 0.3 is 0 Å². The summed E-state index contributed by atoms with van der Waals surface area (Å²) in [7, 11) is 2.93. The van der Waals surface area contributed by atoms with Gasteiger partial charge in [0.05, 0.1) is 25.6 Å². The SMILES string of the molecule is COc1c(N)ccc(O)c1Cc1c(O)ccc(N)c1OC. The van der Waals surface area contributed by atoms with Crippen molar-refractivity contribution in [2.24, 2.45) is 0 Å². The van der Waals surface area contributed by atoms with E-state index in [1.165, 1.54) is 26.4 Å². The Bertz CT molecular complexity index is 614. The summed E-state index contributed by atoms with van der Waals surface area (Å²) in [6.07, 6.45) is 0.167. The Kier molecular flexibility index (Phi) is 3.98. The van der Waals surface area contributed by atoms with E-state index < -0.39 is 0 Å². The van der Waals surface area contributed by atoms with Gasteiger partial charge in [-0.2, -0.15) is 0 Å². The number of phenols is 2. The number of rotatable bonds is 4. The van der Waals surface area contributed by atoms with Crippen LogP contribution >= 0.6 is 0 Å². The van der Waals surface area contributed by atoms with Crippen molar-refractivity contribution in [2.75, 3.05) is 25.7 Å². The molecule has 0 aliphatic carbocycles. The third-order valence-corrected chi connectivity index (χ3v) is 3.29. The summed E-state index contributed by atoms with van der Waals surface area (Å²) in [6, 6.07) is 6.05. The number of methoxy groups -OCH3 is 2. The number of nitrogens with two attached hydrogens (primary N) is 2. The Balaban J connectivity index is 2.58. The summed E-state index contributed by atoms with van der Waals surface area (Å²) in [5.74, 6) is 0.757. The zero-order valence-electron chi connectivity index (χ0n) is 11.9. The molecule has 0 amide bonds. The van der Waals surface area contributed by atoms with Crippen molar-refractivity contribution in [1.29, 1.82) is 0 Å². The lowest BCUT2D eigenvalue weighted by atomic mass is 9.99. The smallest absolute Gasteiger partial charge is 0.148 e. The van der Waals surface area contributed by atoms with E-state index in [9.17, 15) is 10.2 Å². The summed E-state index contributed by atoms with van der Waals surface area (Å²) >= 11 is 0. The summed E-state index contributed by atoms with van der Waals surface area (Å²) in [6.45, 7) is 0. The first-order valence-corrected chi connectivity index (χ1v) is 6.28. The Morgan fingerprint density at radius 2 is 1.19 bits per heavy atom. The monoisotopic (exact) mass is 290 g/mol. The fraction of sp³-hybridized carbons (Fsp3) is 0.200. The van der Waals surface area contributed by atoms with Crippen molar-refractivity contribution in [1.82, 2.24) is 0 Å². The molecule has 6 N–H and O–H groups in total. The summed E-state index contributed by atoms with van der Waals surface area (Å²) in [5.41, 5.74) is 13.4. The molecule has 0 radical (unpaired) electrons. The van der Waals surface area contributed by atoms with Crippen LogP contribution in [0.3, 0.4) is 0 Å². The van der Waals surface area contributed by atoms with Crippen LogP contribution in [0.4, 0.5) is 11.4 Å².